The minimum Gasteiger partial charge on any atom is -0.475 e. The van der Waals surface area contributed by atoms with Crippen LogP contribution in [0.5, 0.6) is 0 Å². The number of alkyl halides is 3. The fourth-order valence-electron chi connectivity index (χ4n) is 3.29. The lowest BCUT2D eigenvalue weighted by Gasteiger charge is -2.16. The van der Waals surface area contributed by atoms with Gasteiger partial charge >= 0.3 is 12.1 Å². The second-order valence-corrected chi connectivity index (χ2v) is 8.05. The van der Waals surface area contributed by atoms with Gasteiger partial charge < -0.3 is 15.7 Å². The molecular weight excluding hydrogens is 419 g/mol. The van der Waals surface area contributed by atoms with Gasteiger partial charge in [0, 0.05) is 24.4 Å². The van der Waals surface area contributed by atoms with Crippen molar-refractivity contribution in [3.8, 4) is 0 Å². The molecule has 1 aromatic carbocycles. The third-order valence-electron chi connectivity index (χ3n) is 4.89. The van der Waals surface area contributed by atoms with Gasteiger partial charge in [-0.05, 0) is 30.4 Å². The molecule has 1 saturated heterocycles. The molecule has 0 bridgehead atoms. The van der Waals surface area contributed by atoms with E-state index in [2.05, 4.69) is 24.0 Å². The largest absolute Gasteiger partial charge is 0.490 e. The number of likely N-dealkylation sites (tertiary alicyclic amines) is 1. The lowest BCUT2D eigenvalue weighted by Crippen LogP contribution is -2.30. The fraction of sp³-hybridized carbons (Fsp3) is 0.450. The molecule has 1 aliphatic rings. The monoisotopic (exact) mass is 443 g/mol. The summed E-state index contributed by atoms with van der Waals surface area (Å²) in [5, 5.41) is 7.12. The molecule has 0 radical (unpaired) electrons. The Labute approximate surface area is 176 Å². The molecule has 2 atom stereocenters. The smallest absolute Gasteiger partial charge is 0.475 e. The number of carboxylic acid groups (broad SMARTS) is 1. The minimum atomic E-state index is -5.08. The summed E-state index contributed by atoms with van der Waals surface area (Å²) in [6, 6.07) is 10.2. The molecule has 2 aromatic rings. The molecule has 30 heavy (non-hydrogen) atoms. The highest BCUT2D eigenvalue weighted by molar-refractivity contribution is 7.10. The maximum Gasteiger partial charge on any atom is 0.490 e. The van der Waals surface area contributed by atoms with Crippen molar-refractivity contribution in [3.63, 3.8) is 0 Å². The van der Waals surface area contributed by atoms with E-state index < -0.39 is 12.1 Å². The van der Waals surface area contributed by atoms with E-state index in [1.54, 1.807) is 16.8 Å². The number of benzene rings is 1. The van der Waals surface area contributed by atoms with Crippen LogP contribution in [0.2, 0.25) is 0 Å². The van der Waals surface area contributed by atoms with E-state index in [0.29, 0.717) is 24.1 Å². The summed E-state index contributed by atoms with van der Waals surface area (Å²) in [4.78, 5) is 29.1. The molecule has 164 valence electrons. The fourth-order valence-corrected chi connectivity index (χ4v) is 4.08. The molecule has 6 nitrogen and oxygen atoms in total. The van der Waals surface area contributed by atoms with Crippen molar-refractivity contribution in [1.29, 1.82) is 0 Å². The molecular formula is C20H24F3N3O3S. The summed E-state index contributed by atoms with van der Waals surface area (Å²) < 4.78 is 31.7. The van der Waals surface area contributed by atoms with Crippen LogP contribution in [-0.4, -0.2) is 52.7 Å². The first-order valence-electron chi connectivity index (χ1n) is 9.39. The van der Waals surface area contributed by atoms with Crippen LogP contribution >= 0.6 is 11.3 Å². The van der Waals surface area contributed by atoms with E-state index >= 15 is 0 Å². The van der Waals surface area contributed by atoms with Gasteiger partial charge in [0.2, 0.25) is 0 Å². The Hall–Kier alpha value is -2.46. The van der Waals surface area contributed by atoms with Crippen LogP contribution in [0, 0.1) is 11.8 Å². The van der Waals surface area contributed by atoms with Crippen molar-refractivity contribution in [1.82, 2.24) is 9.88 Å². The third-order valence-corrected chi connectivity index (χ3v) is 5.72. The molecule has 1 fully saturated rings. The lowest BCUT2D eigenvalue weighted by molar-refractivity contribution is -0.192. The van der Waals surface area contributed by atoms with Crippen LogP contribution in [0.25, 0.3) is 0 Å². The van der Waals surface area contributed by atoms with Crippen LogP contribution in [0.3, 0.4) is 0 Å². The number of carbonyl (C=O) groups excluding carboxylic acids is 1. The van der Waals surface area contributed by atoms with Crippen molar-refractivity contribution < 1.29 is 27.9 Å². The Morgan fingerprint density at radius 2 is 1.90 bits per heavy atom. The Morgan fingerprint density at radius 3 is 2.47 bits per heavy atom. The number of halogens is 3. The highest BCUT2D eigenvalue weighted by Gasteiger charge is 2.38. The molecule has 0 saturated carbocycles. The number of amides is 1. The van der Waals surface area contributed by atoms with Crippen molar-refractivity contribution in [2.45, 2.75) is 25.9 Å². The summed E-state index contributed by atoms with van der Waals surface area (Å²) in [5.41, 5.74) is 9.30. The first kappa shape index (κ1) is 23.8. The molecule has 1 aromatic heterocycles. The number of carboxylic acids is 1. The van der Waals surface area contributed by atoms with Crippen molar-refractivity contribution in [3.05, 3.63) is 52.0 Å². The van der Waals surface area contributed by atoms with E-state index in [0.717, 1.165) is 30.8 Å². The number of nitrogens with two attached hydrogens (primary N) is 1. The normalized spacial score (nSPS) is 18.6. The van der Waals surface area contributed by atoms with Gasteiger partial charge in [-0.15, -0.1) is 11.3 Å². The van der Waals surface area contributed by atoms with Gasteiger partial charge in [0.05, 0.1) is 5.51 Å². The summed E-state index contributed by atoms with van der Waals surface area (Å²) in [7, 11) is 0. The molecule has 1 aliphatic heterocycles. The van der Waals surface area contributed by atoms with Crippen LogP contribution in [-0.2, 0) is 11.2 Å². The van der Waals surface area contributed by atoms with E-state index in [-0.39, 0.29) is 5.91 Å². The average Bonchev–Trinajstić information content (AvgIpc) is 3.29. The van der Waals surface area contributed by atoms with Crippen LogP contribution in [0.4, 0.5) is 13.2 Å². The zero-order valence-corrected chi connectivity index (χ0v) is 17.2. The maximum absolute atomic E-state index is 12.9. The van der Waals surface area contributed by atoms with E-state index in [9.17, 15) is 18.0 Å². The van der Waals surface area contributed by atoms with Gasteiger partial charge in [-0.1, -0.05) is 37.3 Å². The SMILES string of the molecule is C[C@@H]1CN(C(=O)c2ncsc2Cc2ccccc2)C[C@H]1CCN.O=C(O)C(F)(F)F. The number of hydrogen-bond acceptors (Lipinski definition) is 5. The number of aromatic nitrogens is 1. The molecule has 10 heteroatoms. The average molecular weight is 443 g/mol. The number of hydrogen-bond donors (Lipinski definition) is 2. The predicted octanol–water partition coefficient (Wildman–Crippen LogP) is 3.42. The van der Waals surface area contributed by atoms with E-state index in [4.69, 9.17) is 15.6 Å². The maximum atomic E-state index is 12.9. The Morgan fingerprint density at radius 1 is 1.27 bits per heavy atom. The Bertz CT molecular complexity index is 843. The summed E-state index contributed by atoms with van der Waals surface area (Å²) in [6.07, 6.45) is -3.33. The lowest BCUT2D eigenvalue weighted by atomic mass is 9.95. The van der Waals surface area contributed by atoms with E-state index in [1.165, 1.54) is 5.56 Å². The van der Waals surface area contributed by atoms with Crippen LogP contribution < -0.4 is 5.73 Å². The first-order chi connectivity index (χ1) is 14.1. The summed E-state index contributed by atoms with van der Waals surface area (Å²) in [5.74, 6) is -1.66. The number of rotatable bonds is 5. The number of carbonyl (C=O) groups is 2. The molecule has 0 aliphatic carbocycles. The topological polar surface area (TPSA) is 96.5 Å². The molecule has 3 N–H and O–H groups in total. The van der Waals surface area contributed by atoms with Gasteiger partial charge in [0.15, 0.2) is 0 Å². The van der Waals surface area contributed by atoms with Gasteiger partial charge in [0.25, 0.3) is 5.91 Å². The summed E-state index contributed by atoms with van der Waals surface area (Å²) in [6.45, 7) is 4.51. The molecule has 0 spiro atoms. The van der Waals surface area contributed by atoms with Gasteiger partial charge in [-0.3, -0.25) is 4.79 Å². The Balaban J connectivity index is 0.000000396. The number of nitrogens with zero attached hydrogens (tertiary/aromatic N) is 2. The molecule has 2 heterocycles. The van der Waals surface area contributed by atoms with Crippen molar-refractivity contribution in [2.24, 2.45) is 17.6 Å². The predicted molar refractivity (Wildman–Crippen MR) is 107 cm³/mol. The molecule has 1 amide bonds. The van der Waals surface area contributed by atoms with Crippen molar-refractivity contribution in [2.75, 3.05) is 19.6 Å². The van der Waals surface area contributed by atoms with Crippen LogP contribution in [0.1, 0.15) is 34.3 Å². The summed E-state index contributed by atoms with van der Waals surface area (Å²) >= 11 is 1.56. The van der Waals surface area contributed by atoms with Gasteiger partial charge in [0.1, 0.15) is 5.69 Å². The van der Waals surface area contributed by atoms with Crippen molar-refractivity contribution >= 4 is 23.2 Å². The van der Waals surface area contributed by atoms with Gasteiger partial charge in [-0.25, -0.2) is 9.78 Å². The standard InChI is InChI=1S/C18H23N3OS.C2HF3O2/c1-13-10-21(11-15(13)7-8-19)18(22)17-16(23-12-20-17)9-14-5-3-2-4-6-14;3-2(4,5)1(6)7/h2-6,12-13,15H,7-11,19H2,1H3;(H,6,7)/t13-,15-;/m1./s1. The van der Waals surface area contributed by atoms with Gasteiger partial charge in [-0.2, -0.15) is 13.2 Å². The molecule has 3 rings (SSSR count). The Kier molecular flexibility index (Phi) is 8.36. The highest BCUT2D eigenvalue weighted by Crippen LogP contribution is 2.28. The number of aliphatic carboxylic acids is 1. The second kappa shape index (κ2) is 10.5. The quantitative estimate of drug-likeness (QED) is 0.738. The minimum absolute atomic E-state index is 0.0727. The number of thiazole rings is 1. The first-order valence-corrected chi connectivity index (χ1v) is 10.3. The zero-order chi connectivity index (χ0) is 22.3. The third kappa shape index (κ3) is 6.53. The van der Waals surface area contributed by atoms with Crippen LogP contribution in [0.15, 0.2) is 35.8 Å². The highest BCUT2D eigenvalue weighted by atomic mass is 32.1. The van der Waals surface area contributed by atoms with E-state index in [1.807, 2.05) is 23.1 Å². The zero-order valence-electron chi connectivity index (χ0n) is 16.4. The second-order valence-electron chi connectivity index (χ2n) is 7.11. The molecule has 0 unspecified atom stereocenters.